The smallest absolute Gasteiger partial charge is 0.238 e. The monoisotopic (exact) mass is 178 g/mol. The summed E-state index contributed by atoms with van der Waals surface area (Å²) in [5.74, 6) is -0.492. The molecule has 0 aliphatic heterocycles. The van der Waals surface area contributed by atoms with Crippen LogP contribution in [0.15, 0.2) is 18.2 Å². The van der Waals surface area contributed by atoms with E-state index in [1.54, 1.807) is 0 Å². The Bertz CT molecular complexity index is 334. The second-order valence-electron chi connectivity index (χ2n) is 3.17. The molecule has 0 bridgehead atoms. The maximum Gasteiger partial charge on any atom is 0.238 e. The molecule has 1 aromatic rings. The summed E-state index contributed by atoms with van der Waals surface area (Å²) < 4.78 is 0. The minimum Gasteiger partial charge on any atom is -0.368 e. The number of primary amides is 1. The summed E-state index contributed by atoms with van der Waals surface area (Å²) in [5, 5.41) is 0. The molecule has 1 rings (SSSR count). The topological polar surface area (TPSA) is 69.1 Å². The zero-order chi connectivity index (χ0) is 10.0. The van der Waals surface area contributed by atoms with E-state index in [0.29, 0.717) is 0 Å². The van der Waals surface area contributed by atoms with Crippen LogP contribution in [0.2, 0.25) is 0 Å². The number of carbonyl (C=O) groups is 1. The highest BCUT2D eigenvalue weighted by molar-refractivity contribution is 5.81. The van der Waals surface area contributed by atoms with Crippen molar-refractivity contribution < 1.29 is 4.79 Å². The summed E-state index contributed by atoms with van der Waals surface area (Å²) in [6, 6.07) is 4.99. The van der Waals surface area contributed by atoms with Gasteiger partial charge in [-0.3, -0.25) is 4.79 Å². The normalized spacial score (nSPS) is 12.5. The Morgan fingerprint density at radius 1 is 1.38 bits per heavy atom. The Labute approximate surface area is 77.7 Å². The van der Waals surface area contributed by atoms with E-state index in [1.165, 1.54) is 0 Å². The van der Waals surface area contributed by atoms with Gasteiger partial charge in [0.2, 0.25) is 5.91 Å². The molecule has 0 radical (unpaired) electrons. The first-order valence-corrected chi connectivity index (χ1v) is 4.15. The minimum atomic E-state index is -0.695. The summed E-state index contributed by atoms with van der Waals surface area (Å²) in [6.45, 7) is 3.92. The van der Waals surface area contributed by atoms with Gasteiger partial charge in [-0.1, -0.05) is 18.2 Å². The lowest BCUT2D eigenvalue weighted by atomic mass is 9.98. The molecule has 13 heavy (non-hydrogen) atoms. The Hall–Kier alpha value is -1.35. The van der Waals surface area contributed by atoms with Crippen LogP contribution in [0.4, 0.5) is 0 Å². The van der Waals surface area contributed by atoms with Gasteiger partial charge >= 0.3 is 0 Å². The molecule has 70 valence electrons. The third kappa shape index (κ3) is 1.87. The van der Waals surface area contributed by atoms with Crippen molar-refractivity contribution in [1.29, 1.82) is 0 Å². The van der Waals surface area contributed by atoms with Gasteiger partial charge in [0.15, 0.2) is 0 Å². The van der Waals surface area contributed by atoms with Crippen LogP contribution >= 0.6 is 0 Å². The fourth-order valence-electron chi connectivity index (χ4n) is 1.26. The zero-order valence-corrected chi connectivity index (χ0v) is 7.87. The van der Waals surface area contributed by atoms with E-state index < -0.39 is 11.9 Å². The van der Waals surface area contributed by atoms with E-state index >= 15 is 0 Å². The maximum absolute atomic E-state index is 10.9. The molecule has 0 aliphatic rings. The molecule has 3 nitrogen and oxygen atoms in total. The van der Waals surface area contributed by atoms with Gasteiger partial charge in [0.25, 0.3) is 0 Å². The summed E-state index contributed by atoms with van der Waals surface area (Å²) >= 11 is 0. The Balaban J connectivity index is 3.15. The summed E-state index contributed by atoms with van der Waals surface area (Å²) in [4.78, 5) is 10.9. The number of amides is 1. The number of rotatable bonds is 2. The van der Waals surface area contributed by atoms with Gasteiger partial charge in [0.05, 0.1) is 0 Å². The molecule has 0 saturated carbocycles. The van der Waals surface area contributed by atoms with Crippen molar-refractivity contribution >= 4 is 5.91 Å². The zero-order valence-electron chi connectivity index (χ0n) is 7.87. The number of hydrogen-bond acceptors (Lipinski definition) is 2. The van der Waals surface area contributed by atoms with Crippen LogP contribution in [-0.2, 0) is 4.79 Å². The van der Waals surface area contributed by atoms with E-state index in [1.807, 2.05) is 32.0 Å². The predicted molar refractivity (Wildman–Crippen MR) is 52.0 cm³/mol. The van der Waals surface area contributed by atoms with Crippen molar-refractivity contribution in [1.82, 2.24) is 0 Å². The van der Waals surface area contributed by atoms with Crippen LogP contribution in [0.1, 0.15) is 22.7 Å². The number of aryl methyl sites for hydroxylation is 1. The predicted octanol–water partition coefficient (Wildman–Crippen LogP) is 0.789. The highest BCUT2D eigenvalue weighted by atomic mass is 16.1. The fraction of sp³-hybridized carbons (Fsp3) is 0.300. The third-order valence-electron chi connectivity index (χ3n) is 2.29. The first-order valence-electron chi connectivity index (χ1n) is 4.15. The summed E-state index contributed by atoms with van der Waals surface area (Å²) in [7, 11) is 0. The van der Waals surface area contributed by atoms with Crippen molar-refractivity contribution in [3.05, 3.63) is 34.9 Å². The van der Waals surface area contributed by atoms with Crippen molar-refractivity contribution in [2.24, 2.45) is 11.5 Å². The lowest BCUT2D eigenvalue weighted by molar-refractivity contribution is -0.119. The standard InChI is InChI=1S/C10H14N2O/c1-6-4-3-5-8(7(6)2)9(11)10(12)13/h3-5,9H,11H2,1-2H3,(H2,12,13). The second kappa shape index (κ2) is 3.58. The van der Waals surface area contributed by atoms with Gasteiger partial charge in [-0.15, -0.1) is 0 Å². The molecule has 1 amide bonds. The lowest BCUT2D eigenvalue weighted by Gasteiger charge is -2.12. The lowest BCUT2D eigenvalue weighted by Crippen LogP contribution is -2.28. The first-order chi connectivity index (χ1) is 6.04. The highest BCUT2D eigenvalue weighted by Gasteiger charge is 2.14. The van der Waals surface area contributed by atoms with Crippen molar-refractivity contribution in [2.45, 2.75) is 19.9 Å². The van der Waals surface area contributed by atoms with Crippen molar-refractivity contribution in [3.8, 4) is 0 Å². The van der Waals surface area contributed by atoms with E-state index in [0.717, 1.165) is 16.7 Å². The number of benzene rings is 1. The average molecular weight is 178 g/mol. The SMILES string of the molecule is Cc1cccc(C(N)C(N)=O)c1C. The highest BCUT2D eigenvalue weighted by Crippen LogP contribution is 2.18. The molecule has 0 aromatic heterocycles. The molecule has 0 saturated heterocycles. The Kier molecular flexibility index (Phi) is 2.68. The van der Waals surface area contributed by atoms with Gasteiger partial charge in [-0.05, 0) is 30.5 Å². The average Bonchev–Trinajstić information content (AvgIpc) is 2.08. The van der Waals surface area contributed by atoms with Gasteiger partial charge in [0, 0.05) is 0 Å². The molecule has 4 N–H and O–H groups in total. The molecule has 1 atom stereocenters. The summed E-state index contributed by atoms with van der Waals surface area (Å²) in [6.07, 6.45) is 0. The Morgan fingerprint density at radius 3 is 2.54 bits per heavy atom. The van der Waals surface area contributed by atoms with Crippen molar-refractivity contribution in [2.75, 3.05) is 0 Å². The molecule has 1 unspecified atom stereocenters. The minimum absolute atomic E-state index is 0.492. The van der Waals surface area contributed by atoms with Crippen LogP contribution in [0.3, 0.4) is 0 Å². The molecule has 3 heteroatoms. The molecular weight excluding hydrogens is 164 g/mol. The molecule has 0 fully saturated rings. The quantitative estimate of drug-likeness (QED) is 0.703. The maximum atomic E-state index is 10.9. The van der Waals surface area contributed by atoms with E-state index in [2.05, 4.69) is 0 Å². The van der Waals surface area contributed by atoms with Crippen molar-refractivity contribution in [3.63, 3.8) is 0 Å². The van der Waals surface area contributed by atoms with Crippen LogP contribution in [0.5, 0.6) is 0 Å². The summed E-state index contributed by atoms with van der Waals surface area (Å²) in [5.41, 5.74) is 13.7. The van der Waals surface area contributed by atoms with Gasteiger partial charge in [-0.2, -0.15) is 0 Å². The number of nitrogens with two attached hydrogens (primary N) is 2. The van der Waals surface area contributed by atoms with E-state index in [4.69, 9.17) is 11.5 Å². The molecule has 0 heterocycles. The molecule has 1 aromatic carbocycles. The van der Waals surface area contributed by atoms with Crippen LogP contribution in [-0.4, -0.2) is 5.91 Å². The van der Waals surface area contributed by atoms with Crippen LogP contribution < -0.4 is 11.5 Å². The second-order valence-corrected chi connectivity index (χ2v) is 3.17. The molecule has 0 aliphatic carbocycles. The van der Waals surface area contributed by atoms with Crippen LogP contribution in [0.25, 0.3) is 0 Å². The van der Waals surface area contributed by atoms with E-state index in [-0.39, 0.29) is 0 Å². The number of hydrogen-bond donors (Lipinski definition) is 2. The first kappa shape index (κ1) is 9.74. The number of carbonyl (C=O) groups excluding carboxylic acids is 1. The molecular formula is C10H14N2O. The van der Waals surface area contributed by atoms with E-state index in [9.17, 15) is 4.79 Å². The molecule has 0 spiro atoms. The third-order valence-corrected chi connectivity index (χ3v) is 2.29. The largest absolute Gasteiger partial charge is 0.368 e. The van der Waals surface area contributed by atoms with Crippen LogP contribution in [0, 0.1) is 13.8 Å². The Morgan fingerprint density at radius 2 is 2.00 bits per heavy atom. The van der Waals surface area contributed by atoms with Gasteiger partial charge < -0.3 is 11.5 Å². The van der Waals surface area contributed by atoms with Gasteiger partial charge in [0.1, 0.15) is 6.04 Å². The van der Waals surface area contributed by atoms with Gasteiger partial charge in [-0.25, -0.2) is 0 Å². The fourth-order valence-corrected chi connectivity index (χ4v) is 1.26.